The first-order chi connectivity index (χ1) is 8.72. The first kappa shape index (κ1) is 16.2. The molecule has 2 atom stereocenters. The smallest absolute Gasteiger partial charge is 0.0107 e. The average molecular weight is 261 g/mol. The first-order valence-corrected chi connectivity index (χ1v) is 7.47. The van der Waals surface area contributed by atoms with Gasteiger partial charge >= 0.3 is 0 Å². The predicted molar refractivity (Wildman–Crippen MR) is 85.7 cm³/mol. The van der Waals surface area contributed by atoms with Gasteiger partial charge in [-0.3, -0.25) is 0 Å². The monoisotopic (exact) mass is 261 g/mol. The molecule has 0 saturated heterocycles. The molecule has 1 aromatic rings. The number of aryl methyl sites for hydroxylation is 2. The van der Waals surface area contributed by atoms with Gasteiger partial charge in [-0.05, 0) is 50.6 Å². The SMILES string of the molecule is CNC(Cc1cc(C)cc(C)c1)CC(C)C(C)(C)C. The lowest BCUT2D eigenvalue weighted by Crippen LogP contribution is -2.33. The number of rotatable bonds is 5. The minimum absolute atomic E-state index is 0.387. The summed E-state index contributed by atoms with van der Waals surface area (Å²) >= 11 is 0. The van der Waals surface area contributed by atoms with Crippen LogP contribution in [0.1, 0.15) is 50.8 Å². The van der Waals surface area contributed by atoms with Gasteiger partial charge in [-0.2, -0.15) is 0 Å². The van der Waals surface area contributed by atoms with E-state index in [1.807, 2.05) is 0 Å². The summed E-state index contributed by atoms with van der Waals surface area (Å²) in [6, 6.07) is 7.45. The molecule has 0 radical (unpaired) electrons. The van der Waals surface area contributed by atoms with E-state index in [-0.39, 0.29) is 0 Å². The molecule has 0 saturated carbocycles. The summed E-state index contributed by atoms with van der Waals surface area (Å²) < 4.78 is 0. The van der Waals surface area contributed by atoms with Crippen molar-refractivity contribution in [2.45, 2.75) is 60.4 Å². The number of likely N-dealkylation sites (N-methyl/N-ethyl adjacent to an activating group) is 1. The summed E-state index contributed by atoms with van der Waals surface area (Å²) in [5.41, 5.74) is 4.58. The zero-order chi connectivity index (χ0) is 14.6. The Kier molecular flexibility index (Phi) is 5.61. The summed E-state index contributed by atoms with van der Waals surface area (Å²) in [4.78, 5) is 0. The highest BCUT2D eigenvalue weighted by molar-refractivity contribution is 5.29. The molecule has 1 aromatic carbocycles. The number of benzene rings is 1. The highest BCUT2D eigenvalue weighted by Gasteiger charge is 2.23. The number of hydrogen-bond donors (Lipinski definition) is 1. The second-order valence-corrected chi connectivity index (χ2v) is 7.19. The molecule has 19 heavy (non-hydrogen) atoms. The van der Waals surface area contributed by atoms with Crippen molar-refractivity contribution in [1.82, 2.24) is 5.32 Å². The van der Waals surface area contributed by atoms with Gasteiger partial charge in [0.2, 0.25) is 0 Å². The van der Waals surface area contributed by atoms with Crippen LogP contribution in [0.25, 0.3) is 0 Å². The Labute approximate surface area is 119 Å². The van der Waals surface area contributed by atoms with Gasteiger partial charge in [0.25, 0.3) is 0 Å². The maximum Gasteiger partial charge on any atom is 0.0107 e. The molecule has 0 fully saturated rings. The second-order valence-electron chi connectivity index (χ2n) is 7.19. The van der Waals surface area contributed by atoms with Crippen molar-refractivity contribution in [1.29, 1.82) is 0 Å². The second kappa shape index (κ2) is 6.56. The Morgan fingerprint density at radius 3 is 2.00 bits per heavy atom. The van der Waals surface area contributed by atoms with Gasteiger partial charge in [0.05, 0.1) is 0 Å². The van der Waals surface area contributed by atoms with Crippen molar-refractivity contribution in [3.63, 3.8) is 0 Å². The summed E-state index contributed by atoms with van der Waals surface area (Å²) in [7, 11) is 2.09. The maximum atomic E-state index is 3.49. The van der Waals surface area contributed by atoms with Gasteiger partial charge in [-0.15, -0.1) is 0 Å². The molecule has 108 valence electrons. The third kappa shape index (κ3) is 5.36. The molecule has 0 amide bonds. The molecule has 2 unspecified atom stereocenters. The number of hydrogen-bond acceptors (Lipinski definition) is 1. The molecular weight excluding hydrogens is 230 g/mol. The highest BCUT2D eigenvalue weighted by Crippen LogP contribution is 2.29. The van der Waals surface area contributed by atoms with Crippen molar-refractivity contribution in [3.8, 4) is 0 Å². The lowest BCUT2D eigenvalue weighted by Gasteiger charge is -2.31. The number of nitrogens with one attached hydrogen (secondary N) is 1. The van der Waals surface area contributed by atoms with Crippen molar-refractivity contribution < 1.29 is 0 Å². The van der Waals surface area contributed by atoms with E-state index in [0.29, 0.717) is 11.5 Å². The molecule has 0 aliphatic carbocycles. The van der Waals surface area contributed by atoms with Crippen LogP contribution in [0.15, 0.2) is 18.2 Å². The van der Waals surface area contributed by atoms with Gasteiger partial charge < -0.3 is 5.32 Å². The molecule has 0 aliphatic rings. The Morgan fingerprint density at radius 2 is 1.58 bits per heavy atom. The molecule has 1 nitrogen and oxygen atoms in total. The van der Waals surface area contributed by atoms with Gasteiger partial charge in [0.15, 0.2) is 0 Å². The Bertz CT molecular complexity index is 380. The van der Waals surface area contributed by atoms with Crippen LogP contribution < -0.4 is 5.32 Å². The van der Waals surface area contributed by atoms with Crippen LogP contribution in [0.3, 0.4) is 0 Å². The van der Waals surface area contributed by atoms with Crippen LogP contribution >= 0.6 is 0 Å². The lowest BCUT2D eigenvalue weighted by molar-refractivity contribution is 0.225. The summed E-state index contributed by atoms with van der Waals surface area (Å²) in [5, 5.41) is 3.49. The maximum absolute atomic E-state index is 3.49. The van der Waals surface area contributed by atoms with E-state index in [4.69, 9.17) is 0 Å². The molecule has 0 heterocycles. The fourth-order valence-electron chi connectivity index (χ4n) is 2.55. The molecule has 1 rings (SSSR count). The normalized spacial score (nSPS) is 15.3. The molecule has 1 N–H and O–H groups in total. The third-order valence-electron chi connectivity index (χ3n) is 4.29. The molecule has 0 aromatic heterocycles. The summed E-state index contributed by atoms with van der Waals surface area (Å²) in [6.45, 7) is 13.7. The Morgan fingerprint density at radius 1 is 1.05 bits per heavy atom. The van der Waals surface area contributed by atoms with E-state index in [1.54, 1.807) is 0 Å². The van der Waals surface area contributed by atoms with Crippen LogP contribution in [0.2, 0.25) is 0 Å². The Balaban J connectivity index is 2.71. The fourth-order valence-corrected chi connectivity index (χ4v) is 2.55. The van der Waals surface area contributed by atoms with Crippen molar-refractivity contribution in [2.75, 3.05) is 7.05 Å². The van der Waals surface area contributed by atoms with Crippen molar-refractivity contribution in [3.05, 3.63) is 34.9 Å². The van der Waals surface area contributed by atoms with E-state index in [2.05, 4.69) is 72.1 Å². The lowest BCUT2D eigenvalue weighted by atomic mass is 9.78. The average Bonchev–Trinajstić information content (AvgIpc) is 2.25. The molecule has 0 bridgehead atoms. The van der Waals surface area contributed by atoms with Gasteiger partial charge in [0.1, 0.15) is 0 Å². The predicted octanol–water partition coefficient (Wildman–Crippen LogP) is 4.51. The van der Waals surface area contributed by atoms with E-state index in [1.165, 1.54) is 23.1 Å². The van der Waals surface area contributed by atoms with Gasteiger partial charge in [-0.1, -0.05) is 57.0 Å². The van der Waals surface area contributed by atoms with Crippen LogP contribution in [-0.2, 0) is 6.42 Å². The quantitative estimate of drug-likeness (QED) is 0.822. The minimum Gasteiger partial charge on any atom is -0.317 e. The van der Waals surface area contributed by atoms with E-state index < -0.39 is 0 Å². The Hall–Kier alpha value is -0.820. The van der Waals surface area contributed by atoms with E-state index in [0.717, 1.165) is 12.3 Å². The summed E-state index contributed by atoms with van der Waals surface area (Å²) in [5.74, 6) is 0.718. The standard InChI is InChI=1S/C18H31N/c1-13-8-14(2)10-16(9-13)12-17(19-7)11-15(3)18(4,5)6/h8-10,15,17,19H,11-12H2,1-7H3. The minimum atomic E-state index is 0.387. The molecule has 1 heteroatoms. The van der Waals surface area contributed by atoms with Crippen LogP contribution in [-0.4, -0.2) is 13.1 Å². The van der Waals surface area contributed by atoms with Gasteiger partial charge in [-0.25, -0.2) is 0 Å². The third-order valence-corrected chi connectivity index (χ3v) is 4.29. The van der Waals surface area contributed by atoms with Gasteiger partial charge in [0, 0.05) is 6.04 Å². The highest BCUT2D eigenvalue weighted by atomic mass is 14.9. The zero-order valence-corrected chi connectivity index (χ0v) is 13.8. The summed E-state index contributed by atoms with van der Waals surface area (Å²) in [6.07, 6.45) is 2.35. The molecule has 0 aliphatic heterocycles. The topological polar surface area (TPSA) is 12.0 Å². The fraction of sp³-hybridized carbons (Fsp3) is 0.667. The van der Waals surface area contributed by atoms with Crippen molar-refractivity contribution in [2.24, 2.45) is 11.3 Å². The largest absolute Gasteiger partial charge is 0.317 e. The first-order valence-electron chi connectivity index (χ1n) is 7.47. The molecular formula is C18H31N. The van der Waals surface area contributed by atoms with Crippen LogP contribution in [0.5, 0.6) is 0 Å². The van der Waals surface area contributed by atoms with E-state index in [9.17, 15) is 0 Å². The zero-order valence-electron chi connectivity index (χ0n) is 13.8. The van der Waals surface area contributed by atoms with E-state index >= 15 is 0 Å². The molecule has 0 spiro atoms. The van der Waals surface area contributed by atoms with Crippen LogP contribution in [0, 0.1) is 25.2 Å². The van der Waals surface area contributed by atoms with Crippen molar-refractivity contribution >= 4 is 0 Å². The van der Waals surface area contributed by atoms with Crippen LogP contribution in [0.4, 0.5) is 0 Å².